The van der Waals surface area contributed by atoms with Gasteiger partial charge in [-0.15, -0.1) is 0 Å². The third-order valence-corrected chi connectivity index (χ3v) is 5.64. The second-order valence-electron chi connectivity index (χ2n) is 6.10. The summed E-state index contributed by atoms with van der Waals surface area (Å²) in [6, 6.07) is 20.3. The summed E-state index contributed by atoms with van der Waals surface area (Å²) in [4.78, 5) is 24.0. The van der Waals surface area contributed by atoms with Gasteiger partial charge in [-0.3, -0.25) is 9.52 Å². The first kappa shape index (κ1) is 21.4. The van der Waals surface area contributed by atoms with E-state index in [-0.39, 0.29) is 10.5 Å². The van der Waals surface area contributed by atoms with Gasteiger partial charge in [0.1, 0.15) is 0 Å². The van der Waals surface area contributed by atoms with Crippen LogP contribution in [0, 0.1) is 0 Å². The molecule has 0 heterocycles. The minimum Gasteiger partial charge on any atom is -0.452 e. The van der Waals surface area contributed by atoms with Gasteiger partial charge in [0.15, 0.2) is 6.61 Å². The molecule has 0 saturated carbocycles. The molecule has 1 amide bonds. The molecule has 9 heteroatoms. The summed E-state index contributed by atoms with van der Waals surface area (Å²) in [7, 11) is -3.80. The molecule has 3 aromatic carbocycles. The van der Waals surface area contributed by atoms with Crippen molar-refractivity contribution in [2.45, 2.75) is 4.90 Å². The smallest absolute Gasteiger partial charge is 0.338 e. The van der Waals surface area contributed by atoms with E-state index < -0.39 is 28.5 Å². The fourth-order valence-electron chi connectivity index (χ4n) is 2.45. The van der Waals surface area contributed by atoms with Crippen LogP contribution in [0.5, 0.6) is 0 Å². The number of carbonyl (C=O) groups is 2. The largest absolute Gasteiger partial charge is 0.452 e. The fraction of sp³-hybridized carbons (Fsp3) is 0.0476. The highest BCUT2D eigenvalue weighted by molar-refractivity contribution is 7.92. The molecular formula is C21H17ClN2O5S. The molecule has 3 aromatic rings. The summed E-state index contributed by atoms with van der Waals surface area (Å²) in [6.07, 6.45) is 0. The van der Waals surface area contributed by atoms with Crippen molar-refractivity contribution in [2.24, 2.45) is 0 Å². The zero-order chi connectivity index (χ0) is 21.6. The Morgan fingerprint density at radius 1 is 0.867 bits per heavy atom. The number of hydrogen-bond donors (Lipinski definition) is 2. The van der Waals surface area contributed by atoms with Crippen LogP contribution in [0.1, 0.15) is 10.4 Å². The summed E-state index contributed by atoms with van der Waals surface area (Å²) in [5.41, 5.74) is 0.936. The van der Waals surface area contributed by atoms with E-state index in [4.69, 9.17) is 16.3 Å². The van der Waals surface area contributed by atoms with Crippen molar-refractivity contribution in [3.63, 3.8) is 0 Å². The van der Waals surface area contributed by atoms with E-state index in [0.29, 0.717) is 16.4 Å². The van der Waals surface area contributed by atoms with Gasteiger partial charge in [-0.25, -0.2) is 13.2 Å². The molecule has 0 aliphatic carbocycles. The van der Waals surface area contributed by atoms with Crippen LogP contribution < -0.4 is 10.0 Å². The quantitative estimate of drug-likeness (QED) is 0.537. The summed E-state index contributed by atoms with van der Waals surface area (Å²) >= 11 is 5.95. The molecule has 3 rings (SSSR count). The Kier molecular flexibility index (Phi) is 6.71. The van der Waals surface area contributed by atoms with Gasteiger partial charge in [0.2, 0.25) is 0 Å². The molecule has 0 atom stereocenters. The fourth-order valence-corrected chi connectivity index (χ4v) is 3.70. The average Bonchev–Trinajstić information content (AvgIpc) is 2.74. The lowest BCUT2D eigenvalue weighted by atomic mass is 10.2. The van der Waals surface area contributed by atoms with E-state index in [1.165, 1.54) is 24.3 Å². The van der Waals surface area contributed by atoms with Crippen LogP contribution in [0.4, 0.5) is 11.4 Å². The number of rotatable bonds is 7. The normalized spacial score (nSPS) is 10.8. The Balaban J connectivity index is 1.58. The van der Waals surface area contributed by atoms with Gasteiger partial charge in [0, 0.05) is 5.69 Å². The number of nitrogens with one attached hydrogen (secondary N) is 2. The van der Waals surface area contributed by atoms with Crippen LogP contribution in [0.3, 0.4) is 0 Å². The summed E-state index contributed by atoms with van der Waals surface area (Å²) in [6.45, 7) is -0.514. The van der Waals surface area contributed by atoms with Crippen molar-refractivity contribution in [3.05, 3.63) is 89.4 Å². The Bertz CT molecular complexity index is 1150. The third-order valence-electron chi connectivity index (χ3n) is 3.91. The first-order valence-electron chi connectivity index (χ1n) is 8.74. The van der Waals surface area contributed by atoms with Gasteiger partial charge in [0.05, 0.1) is 21.2 Å². The monoisotopic (exact) mass is 444 g/mol. The Hall–Kier alpha value is -3.36. The number of esters is 1. The molecule has 0 saturated heterocycles. The number of para-hydroxylation sites is 2. The lowest BCUT2D eigenvalue weighted by Gasteiger charge is -2.09. The second-order valence-corrected chi connectivity index (χ2v) is 8.19. The van der Waals surface area contributed by atoms with E-state index in [1.807, 2.05) is 0 Å². The van der Waals surface area contributed by atoms with Crippen LogP contribution in [0.25, 0.3) is 0 Å². The minimum atomic E-state index is -3.80. The topological polar surface area (TPSA) is 102 Å². The number of carbonyl (C=O) groups excluding carboxylic acids is 2. The van der Waals surface area contributed by atoms with E-state index in [0.717, 1.165) is 0 Å². The Labute approximate surface area is 178 Å². The summed E-state index contributed by atoms with van der Waals surface area (Å²) in [5.74, 6) is -1.31. The number of ether oxygens (including phenoxy) is 1. The molecule has 0 aliphatic rings. The van der Waals surface area contributed by atoms with Gasteiger partial charge in [0.25, 0.3) is 15.9 Å². The van der Waals surface area contributed by atoms with Crippen molar-refractivity contribution in [1.29, 1.82) is 0 Å². The molecule has 0 aliphatic heterocycles. The number of amides is 1. The van der Waals surface area contributed by atoms with Crippen LogP contribution in [0.15, 0.2) is 83.8 Å². The summed E-state index contributed by atoms with van der Waals surface area (Å²) in [5, 5.41) is 2.89. The van der Waals surface area contributed by atoms with Crippen molar-refractivity contribution in [2.75, 3.05) is 16.6 Å². The average molecular weight is 445 g/mol. The zero-order valence-electron chi connectivity index (χ0n) is 15.5. The molecule has 154 valence electrons. The molecular weight excluding hydrogens is 428 g/mol. The van der Waals surface area contributed by atoms with Crippen molar-refractivity contribution in [3.8, 4) is 0 Å². The van der Waals surface area contributed by atoms with Crippen molar-refractivity contribution >= 4 is 44.9 Å². The molecule has 0 bridgehead atoms. The van der Waals surface area contributed by atoms with Crippen LogP contribution in [-0.4, -0.2) is 26.9 Å². The highest BCUT2D eigenvalue weighted by atomic mass is 35.5. The van der Waals surface area contributed by atoms with Crippen LogP contribution >= 0.6 is 11.6 Å². The first-order chi connectivity index (χ1) is 14.3. The Morgan fingerprint density at radius 3 is 2.17 bits per heavy atom. The second kappa shape index (κ2) is 9.43. The van der Waals surface area contributed by atoms with Gasteiger partial charge in [-0.05, 0) is 48.5 Å². The third kappa shape index (κ3) is 5.59. The molecule has 2 N–H and O–H groups in total. The van der Waals surface area contributed by atoms with Gasteiger partial charge in [-0.2, -0.15) is 0 Å². The molecule has 0 unspecified atom stereocenters. The first-order valence-corrected chi connectivity index (χ1v) is 10.6. The van der Waals surface area contributed by atoms with E-state index in [2.05, 4.69) is 10.0 Å². The maximum Gasteiger partial charge on any atom is 0.338 e. The van der Waals surface area contributed by atoms with Gasteiger partial charge >= 0.3 is 5.97 Å². The number of halogens is 1. The van der Waals surface area contributed by atoms with Gasteiger partial charge < -0.3 is 10.1 Å². The molecule has 0 spiro atoms. The SMILES string of the molecule is O=C(COC(=O)c1ccc(S(=O)(=O)Nc2ccccc2)cc1)Nc1ccccc1Cl. The minimum absolute atomic E-state index is 0.0145. The lowest BCUT2D eigenvalue weighted by Crippen LogP contribution is -2.21. The highest BCUT2D eigenvalue weighted by Crippen LogP contribution is 2.20. The highest BCUT2D eigenvalue weighted by Gasteiger charge is 2.16. The summed E-state index contributed by atoms with van der Waals surface area (Å²) < 4.78 is 32.2. The number of anilines is 2. The van der Waals surface area contributed by atoms with E-state index >= 15 is 0 Å². The maximum atomic E-state index is 12.4. The maximum absolute atomic E-state index is 12.4. The van der Waals surface area contributed by atoms with E-state index in [1.54, 1.807) is 54.6 Å². The van der Waals surface area contributed by atoms with Crippen LogP contribution in [0.2, 0.25) is 5.02 Å². The van der Waals surface area contributed by atoms with Crippen LogP contribution in [-0.2, 0) is 19.6 Å². The van der Waals surface area contributed by atoms with Crippen molar-refractivity contribution < 1.29 is 22.7 Å². The van der Waals surface area contributed by atoms with Gasteiger partial charge in [-0.1, -0.05) is 41.9 Å². The molecule has 0 fully saturated rings. The number of sulfonamides is 1. The molecule has 0 radical (unpaired) electrons. The molecule has 30 heavy (non-hydrogen) atoms. The predicted molar refractivity (Wildman–Crippen MR) is 114 cm³/mol. The van der Waals surface area contributed by atoms with Crippen molar-refractivity contribution in [1.82, 2.24) is 0 Å². The Morgan fingerprint density at radius 2 is 1.50 bits per heavy atom. The number of benzene rings is 3. The standard InChI is InChI=1S/C21H17ClN2O5S/c22-18-8-4-5-9-19(18)23-20(25)14-29-21(26)15-10-12-17(13-11-15)30(27,28)24-16-6-2-1-3-7-16/h1-13,24H,14H2,(H,23,25). The zero-order valence-corrected chi connectivity index (χ0v) is 17.1. The predicted octanol–water partition coefficient (Wildman–Crippen LogP) is 3.94. The molecule has 0 aromatic heterocycles. The number of hydrogen-bond acceptors (Lipinski definition) is 5. The van der Waals surface area contributed by atoms with E-state index in [9.17, 15) is 18.0 Å². The lowest BCUT2D eigenvalue weighted by molar-refractivity contribution is -0.119. The molecule has 7 nitrogen and oxygen atoms in total.